The van der Waals surface area contributed by atoms with E-state index >= 15 is 0 Å². The maximum Gasteiger partial charge on any atom is 0.262 e. The molecular weight excluding hydrogens is 294 g/mol. The number of rotatable bonds is 4. The smallest absolute Gasteiger partial charge is 0.262 e. The Labute approximate surface area is 122 Å². The molecule has 0 radical (unpaired) electrons. The van der Waals surface area contributed by atoms with Gasteiger partial charge in [-0.1, -0.05) is 6.07 Å². The second-order valence-electron chi connectivity index (χ2n) is 4.35. The summed E-state index contributed by atoms with van der Waals surface area (Å²) in [7, 11) is -2.21. The quantitative estimate of drug-likeness (QED) is 0.937. The summed E-state index contributed by atoms with van der Waals surface area (Å²) in [6, 6.07) is 11.1. The van der Waals surface area contributed by atoms with Gasteiger partial charge in [-0.15, -0.1) is 0 Å². The molecule has 0 unspecified atom stereocenters. The number of benzene rings is 2. The molecule has 6 nitrogen and oxygen atoms in total. The van der Waals surface area contributed by atoms with Crippen molar-refractivity contribution in [1.29, 1.82) is 0 Å². The number of sulfonamides is 1. The first kappa shape index (κ1) is 13.6. The lowest BCUT2D eigenvalue weighted by molar-refractivity contribution is 0.174. The molecule has 0 aliphatic carbocycles. The molecule has 0 bridgehead atoms. The zero-order valence-corrected chi connectivity index (χ0v) is 12.0. The standard InChI is InChI=1S/C14H13NO5S/c1-18-11-3-2-4-12(8-11)21(16,17)15-10-5-6-13-14(7-10)20-9-19-13/h2-8,15H,9H2,1H3. The van der Waals surface area contributed by atoms with Gasteiger partial charge in [-0.2, -0.15) is 0 Å². The van der Waals surface area contributed by atoms with E-state index in [1.165, 1.54) is 19.2 Å². The van der Waals surface area contributed by atoms with Gasteiger partial charge in [0.05, 0.1) is 17.7 Å². The summed E-state index contributed by atoms with van der Waals surface area (Å²) in [4.78, 5) is 0.125. The van der Waals surface area contributed by atoms with Crippen LogP contribution >= 0.6 is 0 Å². The van der Waals surface area contributed by atoms with Crippen LogP contribution in [0.4, 0.5) is 5.69 Å². The van der Waals surface area contributed by atoms with Crippen LogP contribution in [0.5, 0.6) is 17.2 Å². The van der Waals surface area contributed by atoms with Gasteiger partial charge in [-0.3, -0.25) is 4.72 Å². The minimum Gasteiger partial charge on any atom is -0.497 e. The van der Waals surface area contributed by atoms with Crippen LogP contribution in [0.3, 0.4) is 0 Å². The molecule has 2 aromatic rings. The Bertz CT molecular complexity index is 773. The van der Waals surface area contributed by atoms with Crippen molar-refractivity contribution < 1.29 is 22.6 Å². The fourth-order valence-corrected chi connectivity index (χ4v) is 3.03. The zero-order chi connectivity index (χ0) is 14.9. The Balaban J connectivity index is 1.89. The van der Waals surface area contributed by atoms with E-state index in [0.29, 0.717) is 22.9 Å². The largest absolute Gasteiger partial charge is 0.497 e. The first-order valence-electron chi connectivity index (χ1n) is 6.15. The molecule has 7 heteroatoms. The molecular formula is C14H13NO5S. The normalized spacial score (nSPS) is 13.0. The third-order valence-electron chi connectivity index (χ3n) is 2.98. The Morgan fingerprint density at radius 3 is 2.71 bits per heavy atom. The molecule has 0 saturated carbocycles. The van der Waals surface area contributed by atoms with E-state index in [0.717, 1.165) is 0 Å². The van der Waals surface area contributed by atoms with Gasteiger partial charge < -0.3 is 14.2 Å². The van der Waals surface area contributed by atoms with Gasteiger partial charge in [-0.25, -0.2) is 8.42 Å². The Morgan fingerprint density at radius 1 is 1.10 bits per heavy atom. The van der Waals surface area contributed by atoms with E-state index in [9.17, 15) is 8.42 Å². The van der Waals surface area contributed by atoms with Crippen molar-refractivity contribution in [2.45, 2.75) is 4.90 Å². The first-order valence-corrected chi connectivity index (χ1v) is 7.63. The SMILES string of the molecule is COc1cccc(S(=O)(=O)Nc2ccc3c(c2)OCO3)c1. The number of anilines is 1. The number of fused-ring (bicyclic) bond motifs is 1. The highest BCUT2D eigenvalue weighted by Gasteiger charge is 2.18. The number of ether oxygens (including phenoxy) is 3. The summed E-state index contributed by atoms with van der Waals surface area (Å²) < 4.78 is 42.6. The number of hydrogen-bond donors (Lipinski definition) is 1. The van der Waals surface area contributed by atoms with Crippen molar-refractivity contribution in [3.8, 4) is 17.2 Å². The fourth-order valence-electron chi connectivity index (χ4n) is 1.94. The molecule has 0 atom stereocenters. The van der Waals surface area contributed by atoms with Crippen molar-refractivity contribution in [2.75, 3.05) is 18.6 Å². The van der Waals surface area contributed by atoms with Crippen molar-refractivity contribution in [3.05, 3.63) is 42.5 Å². The van der Waals surface area contributed by atoms with E-state index in [4.69, 9.17) is 14.2 Å². The minimum atomic E-state index is -3.69. The first-order chi connectivity index (χ1) is 10.1. The molecule has 1 aliphatic heterocycles. The van der Waals surface area contributed by atoms with E-state index in [-0.39, 0.29) is 11.7 Å². The number of hydrogen-bond acceptors (Lipinski definition) is 5. The molecule has 0 aromatic heterocycles. The van der Waals surface area contributed by atoms with Crippen molar-refractivity contribution in [3.63, 3.8) is 0 Å². The predicted molar refractivity (Wildman–Crippen MR) is 76.4 cm³/mol. The Hall–Kier alpha value is -2.41. The summed E-state index contributed by atoms with van der Waals surface area (Å²) in [6.07, 6.45) is 0. The van der Waals surface area contributed by atoms with Crippen LogP contribution in [-0.2, 0) is 10.0 Å². The van der Waals surface area contributed by atoms with Crippen molar-refractivity contribution >= 4 is 15.7 Å². The molecule has 21 heavy (non-hydrogen) atoms. The highest BCUT2D eigenvalue weighted by Crippen LogP contribution is 2.34. The highest BCUT2D eigenvalue weighted by molar-refractivity contribution is 7.92. The molecule has 1 heterocycles. The average molecular weight is 307 g/mol. The van der Waals surface area contributed by atoms with Crippen LogP contribution in [0.2, 0.25) is 0 Å². The van der Waals surface area contributed by atoms with E-state index < -0.39 is 10.0 Å². The summed E-state index contributed by atoms with van der Waals surface area (Å²) in [5.74, 6) is 1.59. The lowest BCUT2D eigenvalue weighted by Gasteiger charge is -2.09. The van der Waals surface area contributed by atoms with E-state index in [2.05, 4.69) is 4.72 Å². The van der Waals surface area contributed by atoms with Crippen LogP contribution in [0.25, 0.3) is 0 Å². The van der Waals surface area contributed by atoms with Gasteiger partial charge in [0.2, 0.25) is 6.79 Å². The Morgan fingerprint density at radius 2 is 1.90 bits per heavy atom. The summed E-state index contributed by atoms with van der Waals surface area (Å²) in [5.41, 5.74) is 0.405. The molecule has 1 aliphatic rings. The van der Waals surface area contributed by atoms with Gasteiger partial charge in [0.1, 0.15) is 5.75 Å². The van der Waals surface area contributed by atoms with Crippen LogP contribution in [-0.4, -0.2) is 22.3 Å². The van der Waals surface area contributed by atoms with Gasteiger partial charge in [0, 0.05) is 12.1 Å². The molecule has 110 valence electrons. The second kappa shape index (κ2) is 5.17. The number of methoxy groups -OCH3 is 1. The van der Waals surface area contributed by atoms with E-state index in [1.54, 1.807) is 30.3 Å². The van der Waals surface area contributed by atoms with Crippen LogP contribution in [0.15, 0.2) is 47.4 Å². The molecule has 3 rings (SSSR count). The summed E-state index contributed by atoms with van der Waals surface area (Å²) >= 11 is 0. The third-order valence-corrected chi connectivity index (χ3v) is 4.36. The topological polar surface area (TPSA) is 73.9 Å². The summed E-state index contributed by atoms with van der Waals surface area (Å²) in [5, 5.41) is 0. The Kier molecular flexibility index (Phi) is 3.34. The molecule has 0 spiro atoms. The molecule has 0 saturated heterocycles. The maximum absolute atomic E-state index is 12.3. The van der Waals surface area contributed by atoms with Gasteiger partial charge in [0.15, 0.2) is 11.5 Å². The van der Waals surface area contributed by atoms with Gasteiger partial charge in [0.25, 0.3) is 10.0 Å². The van der Waals surface area contributed by atoms with Crippen LogP contribution in [0, 0.1) is 0 Å². The zero-order valence-electron chi connectivity index (χ0n) is 11.2. The molecule has 1 N–H and O–H groups in total. The average Bonchev–Trinajstić information content (AvgIpc) is 2.94. The molecule has 0 amide bonds. The van der Waals surface area contributed by atoms with Crippen LogP contribution < -0.4 is 18.9 Å². The van der Waals surface area contributed by atoms with Gasteiger partial charge in [-0.05, 0) is 24.3 Å². The lowest BCUT2D eigenvalue weighted by Crippen LogP contribution is -2.12. The van der Waals surface area contributed by atoms with E-state index in [1.807, 2.05) is 0 Å². The third kappa shape index (κ3) is 2.73. The lowest BCUT2D eigenvalue weighted by atomic mass is 10.3. The minimum absolute atomic E-state index is 0.125. The number of nitrogens with one attached hydrogen (secondary N) is 1. The monoisotopic (exact) mass is 307 g/mol. The van der Waals surface area contributed by atoms with Crippen LogP contribution in [0.1, 0.15) is 0 Å². The molecule has 0 fully saturated rings. The molecule has 2 aromatic carbocycles. The summed E-state index contributed by atoms with van der Waals surface area (Å²) in [6.45, 7) is 0.140. The van der Waals surface area contributed by atoms with Gasteiger partial charge >= 0.3 is 0 Å². The second-order valence-corrected chi connectivity index (χ2v) is 6.03. The maximum atomic E-state index is 12.3. The van der Waals surface area contributed by atoms with Crippen molar-refractivity contribution in [1.82, 2.24) is 0 Å². The predicted octanol–water partition coefficient (Wildman–Crippen LogP) is 2.22. The fraction of sp³-hybridized carbons (Fsp3) is 0.143. The van der Waals surface area contributed by atoms with Crippen molar-refractivity contribution in [2.24, 2.45) is 0 Å². The highest BCUT2D eigenvalue weighted by atomic mass is 32.2.